The number of alkyl halides is 1. The summed E-state index contributed by atoms with van der Waals surface area (Å²) in [5.41, 5.74) is 0. The molecule has 0 bridgehead atoms. The van der Waals surface area contributed by atoms with Crippen LogP contribution in [0.2, 0.25) is 0 Å². The van der Waals surface area contributed by atoms with Crippen LogP contribution in [0, 0.1) is 5.92 Å². The minimum atomic E-state index is 0.877. The molecule has 2 atom stereocenters. The zero-order valence-corrected chi connectivity index (χ0v) is 5.53. The highest BCUT2D eigenvalue weighted by molar-refractivity contribution is 9.09. The van der Waals surface area contributed by atoms with E-state index >= 15 is 0 Å². The predicted molar refractivity (Wildman–Crippen MR) is 31.1 cm³/mol. The maximum absolute atomic E-state index is 3.51. The van der Waals surface area contributed by atoms with E-state index in [1.165, 1.54) is 12.8 Å². The molecule has 1 saturated carbocycles. The second-order valence-electron chi connectivity index (χ2n) is 1.92. The van der Waals surface area contributed by atoms with Crippen molar-refractivity contribution >= 4 is 15.9 Å². The Kier molecular flexibility index (Phi) is 1.18. The van der Waals surface area contributed by atoms with Crippen molar-refractivity contribution in [3.05, 3.63) is 0 Å². The molecule has 0 aliphatic heterocycles. The average Bonchev–Trinajstić information content (AvgIpc) is 2.19. The van der Waals surface area contributed by atoms with Crippen LogP contribution < -0.4 is 0 Å². The van der Waals surface area contributed by atoms with Gasteiger partial charge in [-0.15, -0.1) is 0 Å². The molecule has 1 fully saturated rings. The van der Waals surface area contributed by atoms with Gasteiger partial charge < -0.3 is 0 Å². The molecular formula is C5H9Br. The van der Waals surface area contributed by atoms with Gasteiger partial charge in [0.05, 0.1) is 0 Å². The van der Waals surface area contributed by atoms with E-state index < -0.39 is 0 Å². The molecule has 0 saturated heterocycles. The third-order valence-electron chi connectivity index (χ3n) is 1.36. The van der Waals surface area contributed by atoms with E-state index in [4.69, 9.17) is 0 Å². The molecule has 1 aliphatic rings. The minimum Gasteiger partial charge on any atom is -0.0888 e. The largest absolute Gasteiger partial charge is 0.0888 e. The molecule has 0 unspecified atom stereocenters. The molecule has 0 N–H and O–H groups in total. The van der Waals surface area contributed by atoms with Crippen molar-refractivity contribution in [1.29, 1.82) is 0 Å². The second kappa shape index (κ2) is 1.53. The summed E-state index contributed by atoms with van der Waals surface area (Å²) in [5, 5.41) is 0. The van der Waals surface area contributed by atoms with Gasteiger partial charge in [0.15, 0.2) is 0 Å². The fraction of sp³-hybridized carbons (Fsp3) is 1.00. The molecule has 0 amide bonds. The quantitative estimate of drug-likeness (QED) is 0.501. The summed E-state index contributed by atoms with van der Waals surface area (Å²) in [6, 6.07) is 0. The van der Waals surface area contributed by atoms with E-state index in [0.29, 0.717) is 0 Å². The van der Waals surface area contributed by atoms with E-state index in [0.717, 1.165) is 10.7 Å². The van der Waals surface area contributed by atoms with E-state index in [1.54, 1.807) is 0 Å². The normalized spacial score (nSPS) is 43.0. The number of hydrogen-bond acceptors (Lipinski definition) is 0. The Morgan fingerprint density at radius 1 is 1.83 bits per heavy atom. The van der Waals surface area contributed by atoms with Crippen LogP contribution in [0.4, 0.5) is 0 Å². The minimum absolute atomic E-state index is 0.877. The fourth-order valence-corrected chi connectivity index (χ4v) is 1.49. The molecule has 0 nitrogen and oxygen atoms in total. The summed E-state index contributed by atoms with van der Waals surface area (Å²) in [5.74, 6) is 1.02. The first kappa shape index (κ1) is 4.63. The van der Waals surface area contributed by atoms with Crippen molar-refractivity contribution < 1.29 is 0 Å². The molecule has 1 heteroatoms. The van der Waals surface area contributed by atoms with Gasteiger partial charge in [0.1, 0.15) is 0 Å². The van der Waals surface area contributed by atoms with Gasteiger partial charge >= 0.3 is 0 Å². The maximum Gasteiger partial charge on any atom is 0.0177 e. The van der Waals surface area contributed by atoms with E-state index in [-0.39, 0.29) is 0 Å². The lowest BCUT2D eigenvalue weighted by Crippen LogP contribution is -1.69. The first-order valence-electron chi connectivity index (χ1n) is 2.48. The van der Waals surface area contributed by atoms with Crippen LogP contribution in [-0.2, 0) is 0 Å². The number of rotatable bonds is 1. The molecule has 0 aromatic carbocycles. The van der Waals surface area contributed by atoms with Crippen LogP contribution >= 0.6 is 15.9 Å². The molecule has 0 aromatic heterocycles. The van der Waals surface area contributed by atoms with Gasteiger partial charge in [-0.05, 0) is 12.3 Å². The first-order valence-corrected chi connectivity index (χ1v) is 3.40. The van der Waals surface area contributed by atoms with Crippen LogP contribution in [-0.4, -0.2) is 4.83 Å². The van der Waals surface area contributed by atoms with Crippen molar-refractivity contribution in [3.8, 4) is 0 Å². The smallest absolute Gasteiger partial charge is 0.0177 e. The predicted octanol–water partition coefficient (Wildman–Crippen LogP) is 2.18. The standard InChI is InChI=1S/C5H9Br/c1-2-4-3-5(4)6/h4-5H,2-3H2,1H3/t4-,5+/m1/s1. The van der Waals surface area contributed by atoms with E-state index in [2.05, 4.69) is 22.9 Å². The average molecular weight is 149 g/mol. The molecular weight excluding hydrogens is 140 g/mol. The SMILES string of the molecule is CC[C@@H]1C[C@@H]1Br. The van der Waals surface area contributed by atoms with Crippen molar-refractivity contribution in [2.75, 3.05) is 0 Å². The molecule has 1 aliphatic carbocycles. The number of hydrogen-bond donors (Lipinski definition) is 0. The topological polar surface area (TPSA) is 0 Å². The Morgan fingerprint density at radius 2 is 2.33 bits per heavy atom. The lowest BCUT2D eigenvalue weighted by Gasteiger charge is -1.77. The summed E-state index contributed by atoms with van der Waals surface area (Å²) >= 11 is 3.51. The molecule has 36 valence electrons. The van der Waals surface area contributed by atoms with Crippen molar-refractivity contribution in [2.24, 2.45) is 5.92 Å². The highest BCUT2D eigenvalue weighted by Crippen LogP contribution is 2.39. The zero-order chi connectivity index (χ0) is 4.57. The third-order valence-corrected chi connectivity index (χ3v) is 2.48. The van der Waals surface area contributed by atoms with Gasteiger partial charge in [0.2, 0.25) is 0 Å². The first-order chi connectivity index (χ1) is 2.84. The Balaban J connectivity index is 2.09. The molecule has 6 heavy (non-hydrogen) atoms. The summed E-state index contributed by atoms with van der Waals surface area (Å²) in [6.45, 7) is 2.24. The maximum atomic E-state index is 3.51. The third kappa shape index (κ3) is 0.754. The summed E-state index contributed by atoms with van der Waals surface area (Å²) in [6.07, 6.45) is 2.77. The van der Waals surface area contributed by atoms with Crippen LogP contribution in [0.25, 0.3) is 0 Å². The van der Waals surface area contributed by atoms with Crippen LogP contribution in [0.3, 0.4) is 0 Å². The van der Waals surface area contributed by atoms with Gasteiger partial charge in [-0.3, -0.25) is 0 Å². The van der Waals surface area contributed by atoms with E-state index in [9.17, 15) is 0 Å². The summed E-state index contributed by atoms with van der Waals surface area (Å²) < 4.78 is 0. The highest BCUT2D eigenvalue weighted by Gasteiger charge is 2.31. The number of halogens is 1. The van der Waals surface area contributed by atoms with Gasteiger partial charge in [0.25, 0.3) is 0 Å². The van der Waals surface area contributed by atoms with Crippen molar-refractivity contribution in [3.63, 3.8) is 0 Å². The van der Waals surface area contributed by atoms with Gasteiger partial charge in [-0.25, -0.2) is 0 Å². The fourth-order valence-electron chi connectivity index (χ4n) is 0.633. The van der Waals surface area contributed by atoms with Gasteiger partial charge in [0, 0.05) is 4.83 Å². The lowest BCUT2D eigenvalue weighted by atomic mass is 10.3. The summed E-state index contributed by atoms with van der Waals surface area (Å²) in [4.78, 5) is 0.877. The summed E-state index contributed by atoms with van der Waals surface area (Å²) in [7, 11) is 0. The Bertz CT molecular complexity index is 49.9. The lowest BCUT2D eigenvalue weighted by molar-refractivity contribution is 0.805. The molecule has 0 spiro atoms. The Hall–Kier alpha value is 0.480. The molecule has 0 radical (unpaired) electrons. The van der Waals surface area contributed by atoms with Gasteiger partial charge in [-0.1, -0.05) is 29.3 Å². The zero-order valence-electron chi connectivity index (χ0n) is 3.95. The van der Waals surface area contributed by atoms with Crippen molar-refractivity contribution in [2.45, 2.75) is 24.6 Å². The van der Waals surface area contributed by atoms with Gasteiger partial charge in [-0.2, -0.15) is 0 Å². The second-order valence-corrected chi connectivity index (χ2v) is 3.10. The van der Waals surface area contributed by atoms with E-state index in [1.807, 2.05) is 0 Å². The van der Waals surface area contributed by atoms with Crippen molar-refractivity contribution in [1.82, 2.24) is 0 Å². The molecule has 0 aromatic rings. The Morgan fingerprint density at radius 3 is 2.33 bits per heavy atom. The Labute approximate surface area is 47.1 Å². The highest BCUT2D eigenvalue weighted by atomic mass is 79.9. The van der Waals surface area contributed by atoms with Crippen LogP contribution in [0.5, 0.6) is 0 Å². The van der Waals surface area contributed by atoms with Crippen LogP contribution in [0.1, 0.15) is 19.8 Å². The molecule has 0 heterocycles. The monoisotopic (exact) mass is 148 g/mol. The van der Waals surface area contributed by atoms with Crippen LogP contribution in [0.15, 0.2) is 0 Å². The molecule has 1 rings (SSSR count).